The van der Waals surface area contributed by atoms with Gasteiger partial charge in [0, 0.05) is 13.1 Å². The lowest BCUT2D eigenvalue weighted by Gasteiger charge is -2.26. The van der Waals surface area contributed by atoms with Gasteiger partial charge in [0.15, 0.2) is 0 Å². The van der Waals surface area contributed by atoms with Crippen molar-refractivity contribution in [3.8, 4) is 0 Å². The fraction of sp³-hybridized carbons (Fsp3) is 0.583. The molecular weight excluding hydrogens is 316 g/mol. The van der Waals surface area contributed by atoms with Crippen LogP contribution in [0.15, 0.2) is 16.3 Å². The molecule has 0 spiro atoms. The number of sulfonamides is 1. The van der Waals surface area contributed by atoms with Gasteiger partial charge in [-0.05, 0) is 32.5 Å². The molecule has 0 aliphatic carbocycles. The summed E-state index contributed by atoms with van der Waals surface area (Å²) in [4.78, 5) is 13.1. The Morgan fingerprint density at radius 3 is 2.67 bits per heavy atom. The SMILES string of the molecule is COC(=O)c1sccc1S(=O)(=O)NCC(C)(O)CN(C)C. The van der Waals surface area contributed by atoms with Crippen LogP contribution in [0.2, 0.25) is 0 Å². The lowest BCUT2D eigenvalue weighted by molar-refractivity contribution is 0.0386. The van der Waals surface area contributed by atoms with Crippen molar-refractivity contribution in [1.82, 2.24) is 9.62 Å². The van der Waals surface area contributed by atoms with Gasteiger partial charge in [-0.2, -0.15) is 0 Å². The maximum absolute atomic E-state index is 12.2. The van der Waals surface area contributed by atoms with E-state index in [9.17, 15) is 18.3 Å². The molecule has 1 unspecified atom stereocenters. The van der Waals surface area contributed by atoms with Crippen molar-refractivity contribution in [3.63, 3.8) is 0 Å². The number of esters is 1. The predicted molar refractivity (Wildman–Crippen MR) is 80.0 cm³/mol. The number of methoxy groups -OCH3 is 1. The molecule has 1 rings (SSSR count). The van der Waals surface area contributed by atoms with Crippen LogP contribution in [0.1, 0.15) is 16.6 Å². The van der Waals surface area contributed by atoms with Gasteiger partial charge in [-0.15, -0.1) is 11.3 Å². The zero-order chi connectivity index (χ0) is 16.3. The minimum absolute atomic E-state index is 0.0113. The standard InChI is InChI=1S/C12H20N2O5S2/c1-12(16,8-14(2)3)7-13-21(17,18)9-5-6-20-10(9)11(15)19-4/h5-6,13,16H,7-8H2,1-4H3. The van der Waals surface area contributed by atoms with Crippen LogP contribution in [-0.4, -0.2) is 64.3 Å². The highest BCUT2D eigenvalue weighted by molar-refractivity contribution is 7.89. The molecule has 1 atom stereocenters. The first-order chi connectivity index (χ1) is 9.59. The van der Waals surface area contributed by atoms with E-state index in [1.807, 2.05) is 0 Å². The topological polar surface area (TPSA) is 95.9 Å². The zero-order valence-electron chi connectivity index (χ0n) is 12.4. The minimum atomic E-state index is -3.89. The maximum Gasteiger partial charge on any atom is 0.349 e. The molecule has 1 aromatic heterocycles. The fourth-order valence-electron chi connectivity index (χ4n) is 1.82. The number of likely N-dealkylation sites (N-methyl/N-ethyl adjacent to an activating group) is 1. The Hall–Kier alpha value is -1.00. The van der Waals surface area contributed by atoms with Crippen molar-refractivity contribution in [2.24, 2.45) is 0 Å². The summed E-state index contributed by atoms with van der Waals surface area (Å²) >= 11 is 0.989. The Morgan fingerprint density at radius 1 is 1.52 bits per heavy atom. The first kappa shape index (κ1) is 18.1. The lowest BCUT2D eigenvalue weighted by atomic mass is 10.1. The number of hydrogen-bond acceptors (Lipinski definition) is 7. The van der Waals surface area contributed by atoms with Crippen LogP contribution in [0.25, 0.3) is 0 Å². The smallest absolute Gasteiger partial charge is 0.349 e. The molecule has 0 aromatic carbocycles. The number of carbonyl (C=O) groups excluding carboxylic acids is 1. The first-order valence-corrected chi connectivity index (χ1v) is 8.48. The van der Waals surface area contributed by atoms with E-state index in [0.29, 0.717) is 6.54 Å². The predicted octanol–water partition coefficient (Wildman–Crippen LogP) is 0.126. The van der Waals surface area contributed by atoms with Crippen LogP contribution in [-0.2, 0) is 14.8 Å². The van der Waals surface area contributed by atoms with Gasteiger partial charge in [0.1, 0.15) is 9.77 Å². The summed E-state index contributed by atoms with van der Waals surface area (Å²) in [6, 6.07) is 1.33. The van der Waals surface area contributed by atoms with Gasteiger partial charge in [0.05, 0.1) is 12.7 Å². The molecule has 0 aliphatic rings. The molecule has 9 heteroatoms. The number of thiophene rings is 1. The van der Waals surface area contributed by atoms with Crippen LogP contribution >= 0.6 is 11.3 Å². The highest BCUT2D eigenvalue weighted by Gasteiger charge is 2.28. The Bertz CT molecular complexity index is 593. The summed E-state index contributed by atoms with van der Waals surface area (Å²) in [5.41, 5.74) is -1.22. The van der Waals surface area contributed by atoms with Crippen LogP contribution in [0.3, 0.4) is 0 Å². The Morgan fingerprint density at radius 2 is 2.14 bits per heavy atom. The van der Waals surface area contributed by atoms with E-state index in [0.717, 1.165) is 11.3 Å². The van der Waals surface area contributed by atoms with Crippen molar-refractivity contribution in [1.29, 1.82) is 0 Å². The van der Waals surface area contributed by atoms with Crippen LogP contribution in [0, 0.1) is 0 Å². The monoisotopic (exact) mass is 336 g/mol. The normalized spacial score (nSPS) is 15.0. The third kappa shape index (κ3) is 5.04. The summed E-state index contributed by atoms with van der Waals surface area (Å²) < 4.78 is 31.3. The van der Waals surface area contributed by atoms with E-state index >= 15 is 0 Å². The number of nitrogens with one attached hydrogen (secondary N) is 1. The zero-order valence-corrected chi connectivity index (χ0v) is 14.0. The molecule has 1 heterocycles. The van der Waals surface area contributed by atoms with Crippen molar-refractivity contribution < 1.29 is 23.1 Å². The van der Waals surface area contributed by atoms with Crippen molar-refractivity contribution in [2.75, 3.05) is 34.3 Å². The molecule has 0 aliphatic heterocycles. The molecular formula is C12H20N2O5S2. The summed E-state index contributed by atoms with van der Waals surface area (Å²) in [7, 11) is 0.848. The van der Waals surface area contributed by atoms with E-state index in [-0.39, 0.29) is 16.3 Å². The van der Waals surface area contributed by atoms with Gasteiger partial charge in [-0.1, -0.05) is 0 Å². The number of hydrogen-bond donors (Lipinski definition) is 2. The Labute approximate surface area is 128 Å². The Balaban J connectivity index is 2.88. The second-order valence-electron chi connectivity index (χ2n) is 5.16. The van der Waals surface area contributed by atoms with Gasteiger partial charge in [0.2, 0.25) is 10.0 Å². The summed E-state index contributed by atoms with van der Waals surface area (Å²) in [6.07, 6.45) is 0. The number of ether oxygens (including phenoxy) is 1. The molecule has 21 heavy (non-hydrogen) atoms. The van der Waals surface area contributed by atoms with Gasteiger partial charge in [0.25, 0.3) is 0 Å². The van der Waals surface area contributed by atoms with E-state index in [2.05, 4.69) is 9.46 Å². The van der Waals surface area contributed by atoms with E-state index in [4.69, 9.17) is 0 Å². The number of carbonyl (C=O) groups is 1. The minimum Gasteiger partial charge on any atom is -0.465 e. The fourth-order valence-corrected chi connectivity index (χ4v) is 4.31. The summed E-state index contributed by atoms with van der Waals surface area (Å²) in [5.74, 6) is -0.703. The first-order valence-electron chi connectivity index (χ1n) is 6.11. The molecule has 0 saturated heterocycles. The van der Waals surface area contributed by atoms with Crippen LogP contribution < -0.4 is 4.72 Å². The number of aliphatic hydroxyl groups is 1. The van der Waals surface area contributed by atoms with Gasteiger partial charge < -0.3 is 14.7 Å². The molecule has 7 nitrogen and oxygen atoms in total. The maximum atomic E-state index is 12.2. The van der Waals surface area contributed by atoms with E-state index in [1.54, 1.807) is 19.0 Å². The molecule has 0 radical (unpaired) electrons. The summed E-state index contributed by atoms with van der Waals surface area (Å²) in [5, 5.41) is 11.6. The van der Waals surface area contributed by atoms with Crippen LogP contribution in [0.5, 0.6) is 0 Å². The molecule has 120 valence electrons. The molecule has 0 bridgehead atoms. The third-order valence-electron chi connectivity index (χ3n) is 2.59. The number of rotatable bonds is 7. The average Bonchev–Trinajstić information content (AvgIpc) is 2.84. The van der Waals surface area contributed by atoms with Gasteiger partial charge in [-0.3, -0.25) is 0 Å². The molecule has 0 amide bonds. The third-order valence-corrected chi connectivity index (χ3v) is 5.06. The van der Waals surface area contributed by atoms with Gasteiger partial charge in [-0.25, -0.2) is 17.9 Å². The molecule has 1 aromatic rings. The molecule has 0 saturated carbocycles. The van der Waals surface area contributed by atoms with Gasteiger partial charge >= 0.3 is 5.97 Å². The average molecular weight is 336 g/mol. The highest BCUT2D eigenvalue weighted by Crippen LogP contribution is 2.22. The quantitative estimate of drug-likeness (QED) is 0.687. The largest absolute Gasteiger partial charge is 0.465 e. The lowest BCUT2D eigenvalue weighted by Crippen LogP contribution is -2.47. The molecule has 0 fully saturated rings. The highest BCUT2D eigenvalue weighted by atomic mass is 32.2. The molecule has 2 N–H and O–H groups in total. The summed E-state index contributed by atoms with van der Waals surface area (Å²) in [6.45, 7) is 1.66. The second kappa shape index (κ2) is 6.84. The number of nitrogens with zero attached hydrogens (tertiary/aromatic N) is 1. The van der Waals surface area contributed by atoms with E-state index in [1.165, 1.54) is 25.5 Å². The Kier molecular flexibility index (Phi) is 5.88. The van der Waals surface area contributed by atoms with Crippen molar-refractivity contribution in [3.05, 3.63) is 16.3 Å². The second-order valence-corrected chi connectivity index (χ2v) is 7.82. The van der Waals surface area contributed by atoms with Crippen molar-refractivity contribution in [2.45, 2.75) is 17.4 Å². The van der Waals surface area contributed by atoms with Crippen molar-refractivity contribution >= 4 is 27.3 Å². The van der Waals surface area contributed by atoms with E-state index < -0.39 is 21.6 Å². The van der Waals surface area contributed by atoms with Crippen LogP contribution in [0.4, 0.5) is 0 Å².